The Labute approximate surface area is 230 Å². The van der Waals surface area contributed by atoms with Crippen LogP contribution in [-0.4, -0.2) is 62.2 Å². The summed E-state index contributed by atoms with van der Waals surface area (Å²) >= 11 is 14.5. The van der Waals surface area contributed by atoms with Crippen molar-refractivity contribution in [2.75, 3.05) is 40.3 Å². The molecule has 2 aliphatic heterocycles. The van der Waals surface area contributed by atoms with Crippen LogP contribution in [0.5, 0.6) is 0 Å². The van der Waals surface area contributed by atoms with Crippen LogP contribution in [0.15, 0.2) is 42.5 Å². The lowest BCUT2D eigenvalue weighted by atomic mass is 9.84. The Bertz CT molecular complexity index is 1120. The molecule has 0 radical (unpaired) electrons. The molecule has 1 spiro atoms. The number of halogens is 5. The van der Waals surface area contributed by atoms with Crippen LogP contribution in [0.1, 0.15) is 42.4 Å². The number of piperidine rings is 1. The second-order valence-electron chi connectivity index (χ2n) is 10.0. The third-order valence-corrected chi connectivity index (χ3v) is 10.1. The van der Waals surface area contributed by atoms with Gasteiger partial charge in [0.15, 0.2) is 0 Å². The molecule has 0 aliphatic carbocycles. The van der Waals surface area contributed by atoms with Gasteiger partial charge in [0.2, 0.25) is 5.91 Å². The first-order valence-electron chi connectivity index (χ1n) is 12.4. The highest BCUT2D eigenvalue weighted by molar-refractivity contribution is 7.99. The molecule has 4 nitrogen and oxygen atoms in total. The highest BCUT2D eigenvalue weighted by atomic mass is 35.5. The van der Waals surface area contributed by atoms with Crippen molar-refractivity contribution in [3.05, 3.63) is 69.2 Å². The monoisotopic (exact) mass is 573 g/mol. The maximum atomic E-state index is 12.9. The van der Waals surface area contributed by atoms with E-state index in [4.69, 9.17) is 23.2 Å². The second kappa shape index (κ2) is 11.3. The van der Waals surface area contributed by atoms with Gasteiger partial charge < -0.3 is 15.1 Å². The average Bonchev–Trinajstić information content (AvgIpc) is 3.21. The number of hydrogen-bond donors (Lipinski definition) is 1. The summed E-state index contributed by atoms with van der Waals surface area (Å²) in [6.45, 7) is 2.67. The highest BCUT2D eigenvalue weighted by Crippen LogP contribution is 2.53. The Morgan fingerprint density at radius 2 is 1.84 bits per heavy atom. The van der Waals surface area contributed by atoms with Gasteiger partial charge in [0, 0.05) is 30.6 Å². The minimum Gasteiger partial charge on any atom is -0.343 e. The molecule has 2 aliphatic rings. The number of carbonyl (C=O) groups is 1. The number of alkyl halides is 3. The summed E-state index contributed by atoms with van der Waals surface area (Å²) in [6, 6.07) is 13.9. The zero-order chi connectivity index (χ0) is 26.8. The maximum Gasteiger partial charge on any atom is 0.397 e. The largest absolute Gasteiger partial charge is 0.397 e. The van der Waals surface area contributed by atoms with E-state index in [-0.39, 0.29) is 11.3 Å². The molecular weight excluding hydrogens is 542 g/mol. The van der Waals surface area contributed by atoms with Crippen molar-refractivity contribution in [3.63, 3.8) is 0 Å². The molecule has 2 aromatic rings. The predicted octanol–water partition coefficient (Wildman–Crippen LogP) is 6.45. The van der Waals surface area contributed by atoms with Gasteiger partial charge in [-0.05, 0) is 68.2 Å². The molecule has 0 aromatic heterocycles. The van der Waals surface area contributed by atoms with Crippen LogP contribution in [0.2, 0.25) is 10.0 Å². The lowest BCUT2D eigenvalue weighted by molar-refractivity contribution is -0.161. The molecule has 1 saturated heterocycles. The number of likely N-dealkylation sites (N-methyl/N-ethyl adjacent to an activating group) is 2. The van der Waals surface area contributed by atoms with E-state index in [0.717, 1.165) is 48.7 Å². The van der Waals surface area contributed by atoms with Crippen LogP contribution in [-0.2, 0) is 20.8 Å². The normalized spacial score (nSPS) is 19.0. The molecular formula is C27H32Cl2F3N3OS. The van der Waals surface area contributed by atoms with Gasteiger partial charge in [0.1, 0.15) is 6.42 Å². The van der Waals surface area contributed by atoms with Crippen LogP contribution in [0.25, 0.3) is 0 Å². The van der Waals surface area contributed by atoms with Gasteiger partial charge in [-0.15, -0.1) is 11.8 Å². The number of benzene rings is 2. The Balaban J connectivity index is 1.49. The SMILES string of the molecule is CN[C@](CCN1CCC2(CC1)SCc1ccccc12)(CN(C)C(=O)CC(F)(F)F)c1ccc(Cl)c(Cl)c1. The lowest BCUT2D eigenvalue weighted by Crippen LogP contribution is -2.52. The summed E-state index contributed by atoms with van der Waals surface area (Å²) < 4.78 is 38.9. The van der Waals surface area contributed by atoms with E-state index in [9.17, 15) is 18.0 Å². The number of thioether (sulfide) groups is 1. The van der Waals surface area contributed by atoms with Crippen molar-refractivity contribution >= 4 is 40.9 Å². The topological polar surface area (TPSA) is 35.6 Å². The Kier molecular flexibility index (Phi) is 8.76. The molecule has 1 atom stereocenters. The minimum absolute atomic E-state index is 0.0668. The molecule has 1 N–H and O–H groups in total. The van der Waals surface area contributed by atoms with Crippen molar-refractivity contribution in [2.45, 2.75) is 47.9 Å². The molecule has 1 amide bonds. The van der Waals surface area contributed by atoms with Gasteiger partial charge in [-0.3, -0.25) is 4.79 Å². The van der Waals surface area contributed by atoms with Crippen molar-refractivity contribution in [2.24, 2.45) is 0 Å². The zero-order valence-electron chi connectivity index (χ0n) is 21.0. The number of likely N-dealkylation sites (tertiary alicyclic amines) is 1. The lowest BCUT2D eigenvalue weighted by Gasteiger charge is -2.42. The molecule has 37 heavy (non-hydrogen) atoms. The van der Waals surface area contributed by atoms with Crippen LogP contribution in [0, 0.1) is 0 Å². The fraction of sp³-hybridized carbons (Fsp3) is 0.519. The van der Waals surface area contributed by atoms with E-state index in [2.05, 4.69) is 34.5 Å². The highest BCUT2D eigenvalue weighted by Gasteiger charge is 2.43. The predicted molar refractivity (Wildman–Crippen MR) is 145 cm³/mol. The molecule has 4 rings (SSSR count). The number of amides is 1. The quantitative estimate of drug-likeness (QED) is 0.394. The van der Waals surface area contributed by atoms with E-state index in [1.807, 2.05) is 17.8 Å². The van der Waals surface area contributed by atoms with Gasteiger partial charge in [-0.2, -0.15) is 13.2 Å². The first-order chi connectivity index (χ1) is 17.5. The standard InChI is InChI=1S/C27H32Cl2F3N3OS/c1-33-25(20-7-8-22(28)23(29)15-20,18-34(2)24(36)16-27(30,31)32)9-12-35-13-10-26(11-14-35)21-6-4-3-5-19(21)17-37-26/h3-8,15,33H,9-14,16-18H2,1-2H3/t25-/m1/s1. The van der Waals surface area contributed by atoms with Gasteiger partial charge in [-0.25, -0.2) is 0 Å². The fourth-order valence-corrected chi connectivity index (χ4v) is 7.35. The van der Waals surface area contributed by atoms with Gasteiger partial charge in [-0.1, -0.05) is 53.5 Å². The number of rotatable bonds is 8. The zero-order valence-corrected chi connectivity index (χ0v) is 23.3. The molecule has 0 unspecified atom stereocenters. The molecule has 2 aromatic carbocycles. The van der Waals surface area contributed by atoms with E-state index in [1.165, 1.54) is 18.2 Å². The number of carbonyl (C=O) groups excluding carboxylic acids is 1. The van der Waals surface area contributed by atoms with Crippen molar-refractivity contribution in [3.8, 4) is 0 Å². The van der Waals surface area contributed by atoms with Crippen molar-refractivity contribution < 1.29 is 18.0 Å². The van der Waals surface area contributed by atoms with Crippen LogP contribution >= 0.6 is 35.0 Å². The van der Waals surface area contributed by atoms with E-state index < -0.39 is 24.0 Å². The van der Waals surface area contributed by atoms with Crippen LogP contribution in [0.3, 0.4) is 0 Å². The summed E-state index contributed by atoms with van der Waals surface area (Å²) in [5, 5.41) is 4.08. The first kappa shape index (κ1) is 28.6. The third-order valence-electron chi connectivity index (χ3n) is 7.77. The number of fused-ring (bicyclic) bond motifs is 2. The molecule has 202 valence electrons. The second-order valence-corrected chi connectivity index (χ2v) is 12.2. The van der Waals surface area contributed by atoms with E-state index >= 15 is 0 Å². The molecule has 1 fully saturated rings. The molecule has 0 bridgehead atoms. The summed E-state index contributed by atoms with van der Waals surface area (Å²) in [6.07, 6.45) is -3.35. The maximum absolute atomic E-state index is 12.9. The molecule has 2 heterocycles. The third kappa shape index (κ3) is 6.41. The van der Waals surface area contributed by atoms with Crippen LogP contribution in [0.4, 0.5) is 13.2 Å². The van der Waals surface area contributed by atoms with Crippen molar-refractivity contribution in [1.82, 2.24) is 15.1 Å². The number of hydrogen-bond acceptors (Lipinski definition) is 4. The number of nitrogens with zero attached hydrogens (tertiary/aromatic N) is 2. The smallest absolute Gasteiger partial charge is 0.343 e. The summed E-state index contributed by atoms with van der Waals surface area (Å²) in [7, 11) is 3.18. The Morgan fingerprint density at radius 3 is 2.49 bits per heavy atom. The van der Waals surface area contributed by atoms with Gasteiger partial charge >= 0.3 is 6.18 Å². The molecule has 0 saturated carbocycles. The summed E-state index contributed by atoms with van der Waals surface area (Å²) in [5.41, 5.74) is 2.88. The van der Waals surface area contributed by atoms with Gasteiger partial charge in [0.05, 0.1) is 15.6 Å². The minimum atomic E-state index is -4.56. The molecule has 10 heteroatoms. The number of nitrogens with one attached hydrogen (secondary N) is 1. The first-order valence-corrected chi connectivity index (χ1v) is 14.1. The van der Waals surface area contributed by atoms with Crippen molar-refractivity contribution in [1.29, 1.82) is 0 Å². The Morgan fingerprint density at radius 1 is 1.14 bits per heavy atom. The van der Waals surface area contributed by atoms with Crippen LogP contribution < -0.4 is 5.32 Å². The summed E-state index contributed by atoms with van der Waals surface area (Å²) in [5.74, 6) is 0.0818. The van der Waals surface area contributed by atoms with E-state index in [1.54, 1.807) is 19.2 Å². The van der Waals surface area contributed by atoms with E-state index in [0.29, 0.717) is 16.5 Å². The fourth-order valence-electron chi connectivity index (χ4n) is 5.54. The van der Waals surface area contributed by atoms with Gasteiger partial charge in [0.25, 0.3) is 0 Å². The Hall–Kier alpha value is -1.45. The summed E-state index contributed by atoms with van der Waals surface area (Å²) in [4.78, 5) is 15.9. The average molecular weight is 575 g/mol.